The molecule has 0 bridgehead atoms. The van der Waals surface area contributed by atoms with Gasteiger partial charge in [-0.2, -0.15) is 0 Å². The van der Waals surface area contributed by atoms with E-state index < -0.39 is 0 Å². The van der Waals surface area contributed by atoms with Crippen LogP contribution in [-0.2, 0) is 0 Å². The van der Waals surface area contributed by atoms with Gasteiger partial charge in [-0.1, -0.05) is 86.5 Å². The van der Waals surface area contributed by atoms with E-state index in [1.807, 2.05) is 18.2 Å². The van der Waals surface area contributed by atoms with Gasteiger partial charge in [-0.05, 0) is 34.9 Å². The summed E-state index contributed by atoms with van der Waals surface area (Å²) in [7, 11) is 0. The van der Waals surface area contributed by atoms with Crippen LogP contribution in [0.4, 0.5) is 0 Å². The second-order valence-electron chi connectivity index (χ2n) is 4.44. The molecule has 0 N–H and O–H groups in total. The van der Waals surface area contributed by atoms with Crippen LogP contribution in [-0.4, -0.2) is 0 Å². The van der Waals surface area contributed by atoms with E-state index in [9.17, 15) is 0 Å². The minimum absolute atomic E-state index is 1.04. The lowest BCUT2D eigenvalue weighted by molar-refractivity contribution is 1.53. The average Bonchev–Trinajstić information content (AvgIpc) is 2.48. The highest BCUT2D eigenvalue weighted by atomic mass is 79.9. The molecular formula is C18H11Br2. The summed E-state index contributed by atoms with van der Waals surface area (Å²) in [6, 6.07) is 25.9. The summed E-state index contributed by atoms with van der Waals surface area (Å²) in [5.41, 5.74) is 4.80. The molecule has 0 saturated carbocycles. The van der Waals surface area contributed by atoms with E-state index in [1.165, 1.54) is 16.7 Å². The molecule has 0 unspecified atom stereocenters. The first kappa shape index (κ1) is 13.6. The van der Waals surface area contributed by atoms with E-state index in [2.05, 4.69) is 86.5 Å². The Kier molecular flexibility index (Phi) is 4.04. The summed E-state index contributed by atoms with van der Waals surface area (Å²) < 4.78 is 2.07. The summed E-state index contributed by atoms with van der Waals surface area (Å²) in [4.78, 5) is 0. The Morgan fingerprint density at radius 3 is 1.85 bits per heavy atom. The zero-order chi connectivity index (χ0) is 13.9. The summed E-state index contributed by atoms with van der Waals surface area (Å²) >= 11 is 7.26. The highest BCUT2D eigenvalue weighted by molar-refractivity contribution is 9.11. The van der Waals surface area contributed by atoms with Gasteiger partial charge in [0.15, 0.2) is 0 Å². The molecule has 0 spiro atoms. The third-order valence-electron chi connectivity index (χ3n) is 3.18. The molecule has 0 saturated heterocycles. The first-order valence-electron chi connectivity index (χ1n) is 6.27. The first-order valence-corrected chi connectivity index (χ1v) is 7.86. The van der Waals surface area contributed by atoms with Gasteiger partial charge in [0.25, 0.3) is 0 Å². The Morgan fingerprint density at radius 2 is 1.20 bits per heavy atom. The van der Waals surface area contributed by atoms with Gasteiger partial charge in [0, 0.05) is 14.5 Å². The van der Waals surface area contributed by atoms with E-state index >= 15 is 0 Å². The minimum atomic E-state index is 1.04. The van der Waals surface area contributed by atoms with Crippen LogP contribution in [0.15, 0.2) is 75.7 Å². The van der Waals surface area contributed by atoms with E-state index in [4.69, 9.17) is 0 Å². The van der Waals surface area contributed by atoms with Gasteiger partial charge in [0.1, 0.15) is 0 Å². The van der Waals surface area contributed by atoms with Crippen LogP contribution < -0.4 is 0 Å². The van der Waals surface area contributed by atoms with Crippen molar-refractivity contribution in [2.24, 2.45) is 0 Å². The van der Waals surface area contributed by atoms with Crippen LogP contribution in [0.5, 0.6) is 0 Å². The molecule has 0 nitrogen and oxygen atoms in total. The second-order valence-corrected chi connectivity index (χ2v) is 6.15. The van der Waals surface area contributed by atoms with Gasteiger partial charge < -0.3 is 0 Å². The van der Waals surface area contributed by atoms with E-state index in [1.54, 1.807) is 0 Å². The molecule has 1 radical (unpaired) electrons. The molecule has 0 aromatic heterocycles. The van der Waals surface area contributed by atoms with Crippen molar-refractivity contribution < 1.29 is 0 Å². The molecule has 3 aromatic rings. The van der Waals surface area contributed by atoms with Gasteiger partial charge in [-0.3, -0.25) is 0 Å². The Hall–Kier alpha value is -1.38. The number of hydrogen-bond donors (Lipinski definition) is 0. The maximum Gasteiger partial charge on any atom is 0.0271 e. The molecule has 2 heteroatoms. The highest BCUT2D eigenvalue weighted by Gasteiger charge is 2.12. The van der Waals surface area contributed by atoms with E-state index in [0.29, 0.717) is 0 Å². The van der Waals surface area contributed by atoms with Gasteiger partial charge >= 0.3 is 0 Å². The van der Waals surface area contributed by atoms with Crippen LogP contribution >= 0.6 is 31.9 Å². The third-order valence-corrected chi connectivity index (χ3v) is 4.43. The van der Waals surface area contributed by atoms with Gasteiger partial charge in [0.2, 0.25) is 0 Å². The van der Waals surface area contributed by atoms with Gasteiger partial charge in [-0.15, -0.1) is 0 Å². The maximum atomic E-state index is 3.63. The quantitative estimate of drug-likeness (QED) is 0.481. The topological polar surface area (TPSA) is 0 Å². The van der Waals surface area contributed by atoms with Crippen molar-refractivity contribution in [1.29, 1.82) is 0 Å². The predicted octanol–water partition coefficient (Wildman–Crippen LogP) is 6.35. The van der Waals surface area contributed by atoms with Crippen molar-refractivity contribution in [1.82, 2.24) is 0 Å². The molecule has 0 amide bonds. The number of hydrogen-bond acceptors (Lipinski definition) is 0. The molecule has 0 heterocycles. The van der Waals surface area contributed by atoms with Crippen molar-refractivity contribution in [2.45, 2.75) is 0 Å². The van der Waals surface area contributed by atoms with Crippen LogP contribution in [0.25, 0.3) is 22.3 Å². The van der Waals surface area contributed by atoms with Crippen LogP contribution in [0.3, 0.4) is 0 Å². The first-order chi connectivity index (χ1) is 9.77. The van der Waals surface area contributed by atoms with Crippen molar-refractivity contribution in [3.63, 3.8) is 0 Å². The fourth-order valence-electron chi connectivity index (χ4n) is 2.27. The lowest BCUT2D eigenvalue weighted by Gasteiger charge is -2.13. The average molecular weight is 387 g/mol. The molecule has 0 aliphatic rings. The normalized spacial score (nSPS) is 10.5. The van der Waals surface area contributed by atoms with Gasteiger partial charge in [-0.25, -0.2) is 0 Å². The van der Waals surface area contributed by atoms with Gasteiger partial charge in [0.05, 0.1) is 0 Å². The zero-order valence-corrected chi connectivity index (χ0v) is 13.8. The minimum Gasteiger partial charge on any atom is -0.0622 e. The van der Waals surface area contributed by atoms with Crippen molar-refractivity contribution >= 4 is 31.9 Å². The molecule has 0 fully saturated rings. The molecule has 0 atom stereocenters. The SMILES string of the molecule is Brc1c[c]cc(Br)c1-c1ccccc1-c1ccccc1. The monoisotopic (exact) mass is 385 g/mol. The van der Waals surface area contributed by atoms with Crippen molar-refractivity contribution in [3.05, 3.63) is 81.7 Å². The summed E-state index contributed by atoms with van der Waals surface area (Å²) in [5, 5.41) is 0. The molecule has 0 aliphatic heterocycles. The Labute approximate surface area is 135 Å². The second kappa shape index (κ2) is 5.94. The number of benzene rings is 3. The largest absolute Gasteiger partial charge is 0.0622 e. The van der Waals surface area contributed by atoms with Crippen LogP contribution in [0.2, 0.25) is 0 Å². The molecule has 0 aliphatic carbocycles. The molecule has 20 heavy (non-hydrogen) atoms. The molecule has 3 aromatic carbocycles. The zero-order valence-electron chi connectivity index (χ0n) is 10.6. The van der Waals surface area contributed by atoms with Crippen molar-refractivity contribution in [2.75, 3.05) is 0 Å². The lowest BCUT2D eigenvalue weighted by Crippen LogP contribution is -1.87. The Bertz CT molecular complexity index is 713. The summed E-state index contributed by atoms with van der Waals surface area (Å²) in [6.07, 6.45) is 0. The Morgan fingerprint density at radius 1 is 0.650 bits per heavy atom. The predicted molar refractivity (Wildman–Crippen MR) is 91.5 cm³/mol. The van der Waals surface area contributed by atoms with Crippen LogP contribution in [0, 0.1) is 6.07 Å². The fraction of sp³-hybridized carbons (Fsp3) is 0. The smallest absolute Gasteiger partial charge is 0.0271 e. The van der Waals surface area contributed by atoms with Crippen molar-refractivity contribution in [3.8, 4) is 22.3 Å². The number of halogens is 2. The fourth-order valence-corrected chi connectivity index (χ4v) is 3.66. The molecular weight excluding hydrogens is 376 g/mol. The lowest BCUT2D eigenvalue weighted by atomic mass is 9.95. The molecule has 3 rings (SSSR count). The standard InChI is InChI=1S/C18H11Br2/c19-16-11-6-12-17(20)18(16)15-10-5-4-9-14(15)13-7-2-1-3-8-13/h1-5,7-12H. The number of rotatable bonds is 2. The molecule has 97 valence electrons. The van der Waals surface area contributed by atoms with E-state index in [-0.39, 0.29) is 0 Å². The van der Waals surface area contributed by atoms with Crippen LogP contribution in [0.1, 0.15) is 0 Å². The van der Waals surface area contributed by atoms with E-state index in [0.717, 1.165) is 14.5 Å². The third kappa shape index (κ3) is 2.58. The summed E-state index contributed by atoms with van der Waals surface area (Å²) in [5.74, 6) is 0. The maximum absolute atomic E-state index is 3.63. The Balaban J connectivity index is 2.26. The summed E-state index contributed by atoms with van der Waals surface area (Å²) in [6.45, 7) is 0. The highest BCUT2D eigenvalue weighted by Crippen LogP contribution is 2.40.